The summed E-state index contributed by atoms with van der Waals surface area (Å²) in [5, 5.41) is 0. The molecule has 0 fully saturated rings. The van der Waals surface area contributed by atoms with Crippen LogP contribution in [0.2, 0.25) is 14.8 Å². The van der Waals surface area contributed by atoms with Crippen LogP contribution in [0.15, 0.2) is 0 Å². The average molecular weight is 225 g/mol. The molecule has 0 saturated heterocycles. The van der Waals surface area contributed by atoms with Gasteiger partial charge in [0, 0.05) is 0 Å². The summed E-state index contributed by atoms with van der Waals surface area (Å²) in [6, 6.07) is 0. The molecule has 0 aliphatic carbocycles. The van der Waals surface area contributed by atoms with Crippen LogP contribution in [0, 0.1) is 0 Å². The molecule has 50 valence electrons. The van der Waals surface area contributed by atoms with E-state index in [-0.39, 0.29) is 0 Å². The molecule has 0 N–H and O–H groups in total. The van der Waals surface area contributed by atoms with E-state index in [9.17, 15) is 0 Å². The third-order valence-electron chi connectivity index (χ3n) is 0.610. The molecule has 0 aliphatic rings. The number of hydrogen-bond donors (Lipinski definition) is 0. The predicted octanol–water partition coefficient (Wildman–Crippen LogP) is 1.44. The molecule has 0 bridgehead atoms. The molecule has 8 heavy (non-hydrogen) atoms. The van der Waals surface area contributed by atoms with Gasteiger partial charge in [0.25, 0.3) is 0 Å². The normalized spacial score (nSPS) is 12.0. The molecule has 0 aromatic carbocycles. The molecule has 0 unspecified atom stereocenters. The number of ether oxygens (including phenoxy) is 1. The molecule has 0 aliphatic heterocycles. The van der Waals surface area contributed by atoms with Gasteiger partial charge >= 0.3 is 55.3 Å². The van der Waals surface area contributed by atoms with Gasteiger partial charge in [-0.1, -0.05) is 0 Å². The van der Waals surface area contributed by atoms with Crippen LogP contribution >= 0.6 is 0 Å². The van der Waals surface area contributed by atoms with E-state index in [1.165, 1.54) is 0 Å². The van der Waals surface area contributed by atoms with Crippen molar-refractivity contribution in [3.63, 3.8) is 0 Å². The van der Waals surface area contributed by atoms with Crippen LogP contribution in [0.3, 0.4) is 0 Å². The van der Waals surface area contributed by atoms with Gasteiger partial charge in [0.2, 0.25) is 0 Å². The van der Waals surface area contributed by atoms with E-state index in [1.807, 2.05) is 0 Å². The van der Waals surface area contributed by atoms with Crippen molar-refractivity contribution in [2.45, 2.75) is 14.8 Å². The third kappa shape index (κ3) is 6.72. The van der Waals surface area contributed by atoms with Crippen molar-refractivity contribution in [1.82, 2.24) is 0 Å². The monoisotopic (exact) mass is 226 g/mol. The van der Waals surface area contributed by atoms with Gasteiger partial charge in [0.1, 0.15) is 0 Å². The van der Waals surface area contributed by atoms with E-state index >= 15 is 0 Å². The maximum absolute atomic E-state index is 5.37. The van der Waals surface area contributed by atoms with Crippen LogP contribution in [0.5, 0.6) is 0 Å². The van der Waals surface area contributed by atoms with Gasteiger partial charge in [-0.25, -0.2) is 0 Å². The molecule has 0 rings (SSSR count). The Labute approximate surface area is 55.6 Å². The maximum atomic E-state index is 5.37. The molecular formula is C5H14O2Sn. The van der Waals surface area contributed by atoms with E-state index in [4.69, 9.17) is 7.81 Å². The summed E-state index contributed by atoms with van der Waals surface area (Å²) in [5.74, 6) is 0. The first-order chi connectivity index (χ1) is 3.56. The van der Waals surface area contributed by atoms with E-state index in [1.54, 1.807) is 7.11 Å². The minimum absolute atomic E-state index is 0.472. The summed E-state index contributed by atoms with van der Waals surface area (Å²) in [7, 11) is 1.65. The van der Waals surface area contributed by atoms with Crippen molar-refractivity contribution in [3.05, 3.63) is 0 Å². The minimum atomic E-state index is -1.93. The van der Waals surface area contributed by atoms with Crippen LogP contribution < -0.4 is 0 Å². The average Bonchev–Trinajstić information content (AvgIpc) is 1.59. The topological polar surface area (TPSA) is 18.5 Å². The fourth-order valence-electron chi connectivity index (χ4n) is 0.236. The quantitative estimate of drug-likeness (QED) is 0.534. The first kappa shape index (κ1) is 8.72. The van der Waals surface area contributed by atoms with Crippen molar-refractivity contribution in [2.75, 3.05) is 13.9 Å². The Morgan fingerprint density at radius 3 is 1.88 bits per heavy atom. The molecule has 0 amide bonds. The fraction of sp³-hybridized carbons (Fsp3) is 1.00. The second-order valence-corrected chi connectivity index (χ2v) is 15.5. The first-order valence-corrected chi connectivity index (χ1v) is 12.4. The van der Waals surface area contributed by atoms with E-state index in [0.29, 0.717) is 6.79 Å². The van der Waals surface area contributed by atoms with Gasteiger partial charge in [0.15, 0.2) is 0 Å². The van der Waals surface area contributed by atoms with Crippen molar-refractivity contribution < 1.29 is 7.81 Å². The Kier molecular flexibility index (Phi) is 4.02. The van der Waals surface area contributed by atoms with Gasteiger partial charge in [-0.3, -0.25) is 0 Å². The molecule has 0 radical (unpaired) electrons. The molecule has 3 heteroatoms. The van der Waals surface area contributed by atoms with Gasteiger partial charge in [0.05, 0.1) is 0 Å². The summed E-state index contributed by atoms with van der Waals surface area (Å²) in [6.07, 6.45) is 0. The summed E-state index contributed by atoms with van der Waals surface area (Å²) < 4.78 is 10.1. The molecule has 0 aromatic rings. The Balaban J connectivity index is 3.11. The van der Waals surface area contributed by atoms with Gasteiger partial charge in [-0.15, -0.1) is 0 Å². The van der Waals surface area contributed by atoms with Crippen LogP contribution in [-0.4, -0.2) is 32.7 Å². The van der Waals surface area contributed by atoms with E-state index in [2.05, 4.69) is 14.8 Å². The zero-order chi connectivity index (χ0) is 6.62. The molecule has 0 spiro atoms. The standard InChI is InChI=1S/C2H5O2.3CH3.Sn/c1-4-2-3;;;;/h2H2,1H3;3*1H3;/q-1;;;;+1. The van der Waals surface area contributed by atoms with Gasteiger partial charge in [-0.2, -0.15) is 0 Å². The SMILES string of the molecule is COC[O][Sn]([CH3])([CH3])[CH3]. The number of hydrogen-bond acceptors (Lipinski definition) is 2. The second kappa shape index (κ2) is 3.69. The predicted molar refractivity (Wildman–Crippen MR) is 36.3 cm³/mol. The first-order valence-electron chi connectivity index (χ1n) is 2.69. The summed E-state index contributed by atoms with van der Waals surface area (Å²) in [5.41, 5.74) is 0. The molecule has 0 atom stereocenters. The molecule has 0 saturated carbocycles. The van der Waals surface area contributed by atoms with E-state index in [0.717, 1.165) is 0 Å². The van der Waals surface area contributed by atoms with Gasteiger partial charge in [-0.05, 0) is 0 Å². The van der Waals surface area contributed by atoms with Crippen molar-refractivity contribution >= 4 is 18.8 Å². The Morgan fingerprint density at radius 1 is 1.25 bits per heavy atom. The van der Waals surface area contributed by atoms with Crippen LogP contribution in [-0.2, 0) is 7.81 Å². The van der Waals surface area contributed by atoms with Crippen LogP contribution in [0.25, 0.3) is 0 Å². The Hall–Kier alpha value is 0.719. The van der Waals surface area contributed by atoms with Crippen molar-refractivity contribution in [1.29, 1.82) is 0 Å². The summed E-state index contributed by atoms with van der Waals surface area (Å²) in [6.45, 7) is 0.472. The number of methoxy groups -OCH3 is 1. The summed E-state index contributed by atoms with van der Waals surface area (Å²) in [4.78, 5) is 6.61. The molecule has 2 nitrogen and oxygen atoms in total. The van der Waals surface area contributed by atoms with Crippen LogP contribution in [0.1, 0.15) is 0 Å². The Morgan fingerprint density at radius 2 is 1.75 bits per heavy atom. The second-order valence-electron chi connectivity index (χ2n) is 2.66. The van der Waals surface area contributed by atoms with Crippen LogP contribution in [0.4, 0.5) is 0 Å². The van der Waals surface area contributed by atoms with E-state index < -0.39 is 18.8 Å². The number of rotatable bonds is 3. The molecular weight excluding hydrogens is 211 g/mol. The van der Waals surface area contributed by atoms with Crippen molar-refractivity contribution in [3.8, 4) is 0 Å². The Bertz CT molecular complexity index is 57.9. The third-order valence-corrected chi connectivity index (χ3v) is 3.42. The fourth-order valence-corrected chi connectivity index (χ4v) is 1.58. The molecule has 0 aromatic heterocycles. The van der Waals surface area contributed by atoms with Gasteiger partial charge < -0.3 is 0 Å². The van der Waals surface area contributed by atoms with Crippen molar-refractivity contribution in [2.24, 2.45) is 0 Å². The summed E-state index contributed by atoms with van der Waals surface area (Å²) >= 11 is -1.93. The zero-order valence-electron chi connectivity index (χ0n) is 6.02. The molecule has 0 heterocycles. The zero-order valence-corrected chi connectivity index (χ0v) is 8.88.